The Morgan fingerprint density at radius 3 is 2.14 bits per heavy atom. The topological polar surface area (TPSA) is 131 Å². The van der Waals surface area contributed by atoms with Gasteiger partial charge in [0.15, 0.2) is 12.4 Å². The molecule has 1 amide bonds. The molecule has 1 saturated heterocycles. The van der Waals surface area contributed by atoms with Gasteiger partial charge in [0.2, 0.25) is 0 Å². The van der Waals surface area contributed by atoms with Crippen LogP contribution in [0.4, 0.5) is 0 Å². The number of amides is 1. The molecule has 3 aromatic carbocycles. The van der Waals surface area contributed by atoms with Crippen LogP contribution in [-0.4, -0.2) is 46.0 Å². The Labute approximate surface area is 249 Å². The van der Waals surface area contributed by atoms with Gasteiger partial charge in [-0.15, -0.1) is 11.8 Å². The Bertz CT molecular complexity index is 1360. The molecule has 10 heteroatoms. The third kappa shape index (κ3) is 8.19. The molecule has 0 saturated carbocycles. The van der Waals surface area contributed by atoms with Crippen LogP contribution in [0.15, 0.2) is 77.7 Å². The zero-order valence-corrected chi connectivity index (χ0v) is 24.5. The van der Waals surface area contributed by atoms with Crippen LogP contribution < -0.4 is 5.32 Å². The summed E-state index contributed by atoms with van der Waals surface area (Å²) in [4.78, 5) is 35.4. The van der Waals surface area contributed by atoms with Gasteiger partial charge in [0, 0.05) is 35.6 Å². The number of esters is 1. The van der Waals surface area contributed by atoms with Crippen LogP contribution in [0, 0.1) is 5.92 Å². The highest BCUT2D eigenvalue weighted by atomic mass is 32.2. The number of carbonyl (C=O) groups excluding carboxylic acids is 2. The molecule has 0 spiro atoms. The summed E-state index contributed by atoms with van der Waals surface area (Å²) in [7, 11) is 0. The van der Waals surface area contributed by atoms with Gasteiger partial charge in [-0.1, -0.05) is 55.5 Å². The van der Waals surface area contributed by atoms with Crippen molar-refractivity contribution in [3.63, 3.8) is 0 Å². The monoisotopic (exact) mass is 593 g/mol. The summed E-state index contributed by atoms with van der Waals surface area (Å²) in [6.07, 6.45) is -1.97. The number of aliphatic hydroxyl groups excluding tert-OH is 1. The minimum absolute atomic E-state index is 0.000663. The van der Waals surface area contributed by atoms with E-state index in [1.807, 2.05) is 48.5 Å². The van der Waals surface area contributed by atoms with Gasteiger partial charge in [-0.05, 0) is 47.9 Å². The second kappa shape index (κ2) is 14.5. The fourth-order valence-electron chi connectivity index (χ4n) is 4.61. The molecule has 0 aromatic heterocycles. The third-order valence-corrected chi connectivity index (χ3v) is 8.17. The molecule has 0 radical (unpaired) electrons. The van der Waals surface area contributed by atoms with Gasteiger partial charge in [-0.3, -0.25) is 9.59 Å². The highest BCUT2D eigenvalue weighted by molar-refractivity contribution is 7.99. The molecule has 9 nitrogen and oxygen atoms in total. The Kier molecular flexibility index (Phi) is 10.8. The van der Waals surface area contributed by atoms with E-state index in [4.69, 9.17) is 14.2 Å². The third-order valence-electron chi connectivity index (χ3n) is 7.07. The summed E-state index contributed by atoms with van der Waals surface area (Å²) >= 11 is 1.59. The molecule has 222 valence electrons. The first-order chi connectivity index (χ1) is 20.1. The van der Waals surface area contributed by atoms with E-state index >= 15 is 0 Å². The second-order valence-electron chi connectivity index (χ2n) is 10.2. The summed E-state index contributed by atoms with van der Waals surface area (Å²) in [5.41, 5.74) is 3.72. The fraction of sp³-hybridized carbons (Fsp3) is 0.344. The number of thioether (sulfide) groups is 1. The van der Waals surface area contributed by atoms with E-state index in [9.17, 15) is 24.6 Å². The highest BCUT2D eigenvalue weighted by Gasteiger charge is 2.38. The van der Waals surface area contributed by atoms with Gasteiger partial charge in [0.25, 0.3) is 5.91 Å². The smallest absolute Gasteiger partial charge is 0.335 e. The number of ether oxygens (including phenoxy) is 3. The first kappa shape index (κ1) is 31.2. The Morgan fingerprint density at radius 2 is 1.55 bits per heavy atom. The van der Waals surface area contributed by atoms with Gasteiger partial charge >= 0.3 is 11.9 Å². The Balaban J connectivity index is 1.48. The summed E-state index contributed by atoms with van der Waals surface area (Å²) in [5, 5.41) is 21.4. The number of carbonyl (C=O) groups is 3. The van der Waals surface area contributed by atoms with Crippen molar-refractivity contribution in [3.8, 4) is 0 Å². The molecule has 1 aliphatic heterocycles. The van der Waals surface area contributed by atoms with Gasteiger partial charge < -0.3 is 29.7 Å². The van der Waals surface area contributed by atoms with Crippen LogP contribution in [0.3, 0.4) is 0 Å². The molecule has 5 atom stereocenters. The minimum Gasteiger partial charge on any atom is -0.478 e. The van der Waals surface area contributed by atoms with E-state index < -0.39 is 24.3 Å². The quantitative estimate of drug-likeness (QED) is 0.207. The number of hydrogen-bond acceptors (Lipinski definition) is 8. The average Bonchev–Trinajstić information content (AvgIpc) is 2.99. The van der Waals surface area contributed by atoms with Crippen molar-refractivity contribution >= 4 is 29.6 Å². The first-order valence-corrected chi connectivity index (χ1v) is 14.6. The molecule has 42 heavy (non-hydrogen) atoms. The maximum absolute atomic E-state index is 12.2. The predicted octanol–water partition coefficient (Wildman–Crippen LogP) is 5.03. The Hall–Kier alpha value is -3.70. The van der Waals surface area contributed by atoms with E-state index in [2.05, 4.69) is 12.2 Å². The predicted molar refractivity (Wildman–Crippen MR) is 157 cm³/mol. The Morgan fingerprint density at radius 1 is 0.929 bits per heavy atom. The van der Waals surface area contributed by atoms with Gasteiger partial charge in [-0.2, -0.15) is 0 Å². The average molecular weight is 594 g/mol. The number of carboxylic acid groups (broad SMARTS) is 1. The van der Waals surface area contributed by atoms with Crippen molar-refractivity contribution in [2.24, 2.45) is 5.92 Å². The van der Waals surface area contributed by atoms with E-state index in [0.717, 1.165) is 27.1 Å². The lowest BCUT2D eigenvalue weighted by molar-refractivity contribution is -0.268. The van der Waals surface area contributed by atoms with Crippen LogP contribution in [0.25, 0.3) is 0 Å². The van der Waals surface area contributed by atoms with E-state index in [-0.39, 0.29) is 42.7 Å². The highest BCUT2D eigenvalue weighted by Crippen LogP contribution is 2.43. The number of nitrogens with one attached hydrogen (secondary N) is 1. The van der Waals surface area contributed by atoms with Crippen LogP contribution in [0.1, 0.15) is 65.8 Å². The van der Waals surface area contributed by atoms with Crippen LogP contribution in [0.5, 0.6) is 0 Å². The second-order valence-corrected chi connectivity index (χ2v) is 11.3. The van der Waals surface area contributed by atoms with Crippen LogP contribution in [0.2, 0.25) is 0 Å². The standard InChI is InChI=1S/C32H35NO8S/c1-19-28(18-42-27-14-12-25(13-15-27)31(37)38)40-32(41-29(19)24-8-6-23(17-34)7-9-24)26-10-4-22(5-11-26)16-33-30(36)20(2)39-21(3)35/h4-15,19-20,28-29,32,34H,16-18H2,1-3H3,(H,33,36)(H,37,38)/t19-,20-,28+,29+,32+/m0/s1. The number of carboxylic acids is 1. The lowest BCUT2D eigenvalue weighted by Crippen LogP contribution is -2.38. The SMILES string of the molecule is CC(=O)O[C@@H](C)C(=O)NCc1ccc([C@@H]2O[C@H](CSc3ccc(C(=O)O)cc3)[C@H](C)[C@H](c3ccc(CO)cc3)O2)cc1. The number of benzene rings is 3. The van der Waals surface area contributed by atoms with Crippen molar-refractivity contribution in [2.45, 2.75) is 63.4 Å². The van der Waals surface area contributed by atoms with Crippen LogP contribution in [-0.2, 0) is 37.0 Å². The van der Waals surface area contributed by atoms with E-state index in [1.54, 1.807) is 36.0 Å². The maximum atomic E-state index is 12.2. The summed E-state index contributed by atoms with van der Waals surface area (Å²) in [6.45, 7) is 5.10. The summed E-state index contributed by atoms with van der Waals surface area (Å²) in [5.74, 6) is -1.23. The molecule has 1 aliphatic rings. The summed E-state index contributed by atoms with van der Waals surface area (Å²) < 4.78 is 17.9. The summed E-state index contributed by atoms with van der Waals surface area (Å²) in [6, 6.07) is 22.0. The first-order valence-electron chi connectivity index (χ1n) is 13.6. The van der Waals surface area contributed by atoms with Gasteiger partial charge in [-0.25, -0.2) is 4.79 Å². The largest absolute Gasteiger partial charge is 0.478 e. The van der Waals surface area contributed by atoms with E-state index in [1.165, 1.54) is 13.8 Å². The number of aromatic carboxylic acids is 1. The fourth-order valence-corrected chi connectivity index (χ4v) is 5.68. The lowest BCUT2D eigenvalue weighted by Gasteiger charge is -2.41. The molecule has 1 fully saturated rings. The minimum atomic E-state index is -0.962. The molecular weight excluding hydrogens is 558 g/mol. The molecule has 3 aromatic rings. The van der Waals surface area contributed by atoms with Gasteiger partial charge in [0.05, 0.1) is 24.4 Å². The van der Waals surface area contributed by atoms with Crippen molar-refractivity contribution in [3.05, 3.63) is 101 Å². The number of hydrogen-bond donors (Lipinski definition) is 3. The molecule has 0 unspecified atom stereocenters. The molecule has 4 rings (SSSR count). The van der Waals surface area contributed by atoms with Crippen LogP contribution >= 0.6 is 11.8 Å². The van der Waals surface area contributed by atoms with Crippen molar-refractivity contribution < 1.29 is 38.8 Å². The number of rotatable bonds is 11. The zero-order valence-electron chi connectivity index (χ0n) is 23.7. The number of aliphatic hydroxyl groups is 1. The van der Waals surface area contributed by atoms with Crippen molar-refractivity contribution in [1.29, 1.82) is 0 Å². The molecule has 0 aliphatic carbocycles. The zero-order chi connectivity index (χ0) is 30.2. The maximum Gasteiger partial charge on any atom is 0.335 e. The van der Waals surface area contributed by atoms with E-state index in [0.29, 0.717) is 5.75 Å². The molecular formula is C32H35NO8S. The molecule has 0 bridgehead atoms. The lowest BCUT2D eigenvalue weighted by atomic mass is 9.91. The van der Waals surface area contributed by atoms with Crippen molar-refractivity contribution in [2.75, 3.05) is 5.75 Å². The van der Waals surface area contributed by atoms with Gasteiger partial charge in [0.1, 0.15) is 0 Å². The molecule has 3 N–H and O–H groups in total. The normalized spacial score (nSPS) is 20.9. The molecule has 1 heterocycles. The van der Waals surface area contributed by atoms with Crippen molar-refractivity contribution in [1.82, 2.24) is 5.32 Å².